The smallest absolute Gasteiger partial charge is 0.329 e. The summed E-state index contributed by atoms with van der Waals surface area (Å²) in [5.74, 6) is -0.875. The lowest BCUT2D eigenvalue weighted by molar-refractivity contribution is -0.146. The molecular formula is C27H33N5O3. The molecule has 0 saturated heterocycles. The fraction of sp³-hybridized carbons (Fsp3) is 0.296. The van der Waals surface area contributed by atoms with E-state index >= 15 is 0 Å². The summed E-state index contributed by atoms with van der Waals surface area (Å²) in [5, 5.41) is 1.97. The zero-order chi connectivity index (χ0) is 25.2. The number of guanidine groups is 1. The Morgan fingerprint density at radius 2 is 1.66 bits per heavy atom. The van der Waals surface area contributed by atoms with Crippen LogP contribution in [0.25, 0.3) is 10.8 Å². The van der Waals surface area contributed by atoms with E-state index in [0.29, 0.717) is 31.5 Å². The molecule has 8 nitrogen and oxygen atoms in total. The fourth-order valence-electron chi connectivity index (χ4n) is 4.00. The van der Waals surface area contributed by atoms with Gasteiger partial charge in [0.05, 0.1) is 12.6 Å². The van der Waals surface area contributed by atoms with Crippen molar-refractivity contribution in [2.45, 2.75) is 38.3 Å². The minimum atomic E-state index is -0.875. The van der Waals surface area contributed by atoms with Crippen molar-refractivity contribution >= 4 is 34.3 Å². The van der Waals surface area contributed by atoms with Crippen molar-refractivity contribution in [1.29, 1.82) is 0 Å². The van der Waals surface area contributed by atoms with E-state index in [1.165, 1.54) is 4.90 Å². The molecule has 0 aliphatic rings. The summed E-state index contributed by atoms with van der Waals surface area (Å²) in [4.78, 5) is 32.4. The van der Waals surface area contributed by atoms with Crippen molar-refractivity contribution in [3.05, 3.63) is 78.4 Å². The van der Waals surface area contributed by atoms with Gasteiger partial charge in [0, 0.05) is 12.2 Å². The third-order valence-electron chi connectivity index (χ3n) is 5.66. The molecule has 0 spiro atoms. The van der Waals surface area contributed by atoms with Gasteiger partial charge in [-0.25, -0.2) is 4.79 Å². The van der Waals surface area contributed by atoms with Gasteiger partial charge in [-0.1, -0.05) is 60.7 Å². The van der Waals surface area contributed by atoms with Crippen molar-refractivity contribution in [2.75, 3.05) is 18.1 Å². The number of rotatable bonds is 11. The van der Waals surface area contributed by atoms with Crippen LogP contribution in [0.4, 0.5) is 5.69 Å². The number of esters is 1. The van der Waals surface area contributed by atoms with Crippen molar-refractivity contribution in [1.82, 2.24) is 0 Å². The van der Waals surface area contributed by atoms with Crippen LogP contribution in [0.3, 0.4) is 0 Å². The second-order valence-electron chi connectivity index (χ2n) is 8.25. The third-order valence-corrected chi connectivity index (χ3v) is 5.66. The highest BCUT2D eigenvalue weighted by Gasteiger charge is 2.34. The number of carbonyl (C=O) groups is 2. The quantitative estimate of drug-likeness (QED) is 0.169. The standard InChI is InChI=1S/C27H33N5O3/c1-2-35-26(34)24(13-8-16-31-27(29)30)32(22-15-14-20-11-6-7-12-21(20)18-22)25(33)23(28)17-19-9-4-3-5-10-19/h3-7,9-12,14-15,18,23-24H,2,8,13,16-17,28H2,1H3,(H4,29,30,31)/t23-,24-/m0/s1. The van der Waals surface area contributed by atoms with Crippen LogP contribution in [0.15, 0.2) is 77.8 Å². The Hall–Kier alpha value is -3.91. The van der Waals surface area contributed by atoms with Gasteiger partial charge in [-0.2, -0.15) is 0 Å². The Morgan fingerprint density at radius 3 is 2.34 bits per heavy atom. The van der Waals surface area contributed by atoms with Gasteiger partial charge in [0.25, 0.3) is 0 Å². The molecule has 8 heteroatoms. The minimum Gasteiger partial charge on any atom is -0.464 e. The van der Waals surface area contributed by atoms with Crippen molar-refractivity contribution in [2.24, 2.45) is 22.2 Å². The maximum Gasteiger partial charge on any atom is 0.329 e. The number of nitrogens with two attached hydrogens (primary N) is 3. The van der Waals surface area contributed by atoms with E-state index in [1.807, 2.05) is 72.8 Å². The van der Waals surface area contributed by atoms with Crippen molar-refractivity contribution < 1.29 is 14.3 Å². The maximum absolute atomic E-state index is 13.8. The van der Waals surface area contributed by atoms with E-state index in [2.05, 4.69) is 4.99 Å². The van der Waals surface area contributed by atoms with E-state index in [-0.39, 0.29) is 18.5 Å². The number of amides is 1. The number of carbonyl (C=O) groups excluding carboxylic acids is 2. The summed E-state index contributed by atoms with van der Waals surface area (Å²) >= 11 is 0. The van der Waals surface area contributed by atoms with Gasteiger partial charge in [0.1, 0.15) is 6.04 Å². The largest absolute Gasteiger partial charge is 0.464 e. The van der Waals surface area contributed by atoms with Crippen LogP contribution < -0.4 is 22.1 Å². The Balaban J connectivity index is 1.99. The van der Waals surface area contributed by atoms with Gasteiger partial charge < -0.3 is 21.9 Å². The monoisotopic (exact) mass is 475 g/mol. The molecule has 0 aliphatic heterocycles. The van der Waals surface area contributed by atoms with E-state index in [0.717, 1.165) is 16.3 Å². The predicted octanol–water partition coefficient (Wildman–Crippen LogP) is 2.73. The zero-order valence-electron chi connectivity index (χ0n) is 20.0. The van der Waals surface area contributed by atoms with Crippen LogP contribution >= 0.6 is 0 Å². The summed E-state index contributed by atoms with van der Waals surface area (Å²) in [7, 11) is 0. The summed E-state index contributed by atoms with van der Waals surface area (Å²) in [6.07, 6.45) is 1.13. The van der Waals surface area contributed by atoms with E-state index < -0.39 is 18.1 Å². The lowest BCUT2D eigenvalue weighted by Crippen LogP contribution is -2.53. The molecule has 2 atom stereocenters. The number of anilines is 1. The number of ether oxygens (including phenoxy) is 1. The topological polar surface area (TPSA) is 137 Å². The molecule has 0 aromatic heterocycles. The second kappa shape index (κ2) is 12.5. The van der Waals surface area contributed by atoms with E-state index in [1.54, 1.807) is 6.92 Å². The van der Waals surface area contributed by atoms with Gasteiger partial charge in [-0.05, 0) is 54.7 Å². The van der Waals surface area contributed by atoms with E-state index in [9.17, 15) is 9.59 Å². The zero-order valence-corrected chi connectivity index (χ0v) is 20.0. The Kier molecular flexibility index (Phi) is 9.20. The van der Waals surface area contributed by atoms with Crippen molar-refractivity contribution in [3.63, 3.8) is 0 Å². The Labute approximate surface area is 205 Å². The molecule has 0 radical (unpaired) electrons. The lowest BCUT2D eigenvalue weighted by Gasteiger charge is -2.32. The molecule has 0 aliphatic carbocycles. The average molecular weight is 476 g/mol. The van der Waals surface area contributed by atoms with Gasteiger partial charge in [0.2, 0.25) is 5.91 Å². The molecule has 0 fully saturated rings. The number of hydrogen-bond donors (Lipinski definition) is 3. The van der Waals surface area contributed by atoms with Crippen LogP contribution in [0, 0.1) is 0 Å². The summed E-state index contributed by atoms with van der Waals surface area (Å²) < 4.78 is 5.36. The number of benzene rings is 3. The first-order chi connectivity index (χ1) is 16.9. The van der Waals surface area contributed by atoms with Crippen LogP contribution in [0.2, 0.25) is 0 Å². The summed E-state index contributed by atoms with van der Waals surface area (Å²) in [6.45, 7) is 2.25. The molecule has 0 saturated carbocycles. The van der Waals surface area contributed by atoms with Crippen LogP contribution in [0.5, 0.6) is 0 Å². The highest BCUT2D eigenvalue weighted by molar-refractivity contribution is 6.03. The molecule has 3 aromatic rings. The average Bonchev–Trinajstić information content (AvgIpc) is 2.86. The molecule has 0 bridgehead atoms. The van der Waals surface area contributed by atoms with Crippen LogP contribution in [-0.2, 0) is 20.7 Å². The molecule has 184 valence electrons. The first-order valence-corrected chi connectivity index (χ1v) is 11.7. The normalized spacial score (nSPS) is 12.5. The van der Waals surface area contributed by atoms with Gasteiger partial charge in [-0.3, -0.25) is 14.7 Å². The Morgan fingerprint density at radius 1 is 0.971 bits per heavy atom. The predicted molar refractivity (Wildman–Crippen MR) is 140 cm³/mol. The first-order valence-electron chi connectivity index (χ1n) is 11.7. The molecule has 6 N–H and O–H groups in total. The van der Waals surface area contributed by atoms with Gasteiger partial charge in [0.15, 0.2) is 5.96 Å². The lowest BCUT2D eigenvalue weighted by atomic mass is 10.0. The van der Waals surface area contributed by atoms with E-state index in [4.69, 9.17) is 21.9 Å². The molecular weight excluding hydrogens is 442 g/mol. The van der Waals surface area contributed by atoms with Crippen LogP contribution in [-0.4, -0.2) is 43.1 Å². The van der Waals surface area contributed by atoms with Crippen LogP contribution in [0.1, 0.15) is 25.3 Å². The molecule has 0 heterocycles. The van der Waals surface area contributed by atoms with Gasteiger partial charge in [-0.15, -0.1) is 0 Å². The number of hydrogen-bond acceptors (Lipinski definition) is 5. The minimum absolute atomic E-state index is 0.0231. The number of aliphatic imine (C=N–C) groups is 1. The number of fused-ring (bicyclic) bond motifs is 1. The second-order valence-corrected chi connectivity index (χ2v) is 8.25. The molecule has 1 amide bonds. The summed E-state index contributed by atoms with van der Waals surface area (Å²) in [5.41, 5.74) is 18.8. The molecule has 35 heavy (non-hydrogen) atoms. The van der Waals surface area contributed by atoms with Gasteiger partial charge >= 0.3 is 5.97 Å². The Bertz CT molecular complexity index is 1160. The highest BCUT2D eigenvalue weighted by atomic mass is 16.5. The summed E-state index contributed by atoms with van der Waals surface area (Å²) in [6, 6.07) is 21.3. The highest BCUT2D eigenvalue weighted by Crippen LogP contribution is 2.27. The SMILES string of the molecule is CCOC(=O)[C@H](CCCN=C(N)N)N(C(=O)[C@@H](N)Cc1ccccc1)c1ccc2ccccc2c1. The maximum atomic E-state index is 13.8. The first kappa shape index (κ1) is 25.7. The molecule has 0 unspecified atom stereocenters. The molecule has 3 aromatic carbocycles. The van der Waals surface area contributed by atoms with Crippen molar-refractivity contribution in [3.8, 4) is 0 Å². The fourth-order valence-corrected chi connectivity index (χ4v) is 4.00. The third kappa shape index (κ3) is 7.04. The molecule has 3 rings (SSSR count). The number of nitrogens with zero attached hydrogens (tertiary/aromatic N) is 2.